The minimum Gasteiger partial charge on any atom is -0.497 e. The van der Waals surface area contributed by atoms with Crippen LogP contribution in [-0.2, 0) is 4.74 Å². The van der Waals surface area contributed by atoms with Crippen LogP contribution in [0.3, 0.4) is 0 Å². The number of H-pyrrole nitrogens is 1. The molecule has 0 fully saturated rings. The van der Waals surface area contributed by atoms with Crippen LogP contribution in [0.2, 0.25) is 0 Å². The van der Waals surface area contributed by atoms with E-state index in [0.717, 1.165) is 33.4 Å². The van der Waals surface area contributed by atoms with E-state index in [0.29, 0.717) is 11.3 Å². The minimum absolute atomic E-state index is 0.487. The van der Waals surface area contributed by atoms with Crippen molar-refractivity contribution in [3.63, 3.8) is 0 Å². The Kier molecular flexibility index (Phi) is 6.19. The van der Waals surface area contributed by atoms with Crippen molar-refractivity contribution in [2.75, 3.05) is 14.2 Å². The van der Waals surface area contributed by atoms with Crippen molar-refractivity contribution in [3.05, 3.63) is 47.8 Å². The third-order valence-electron chi connectivity index (χ3n) is 4.59. The molecule has 0 atom stereocenters. The number of hydrogen-bond donors (Lipinski definition) is 1. The summed E-state index contributed by atoms with van der Waals surface area (Å²) in [6, 6.07) is 11.4. The molecule has 0 aliphatic carbocycles. The van der Waals surface area contributed by atoms with Crippen molar-refractivity contribution in [1.29, 1.82) is 0 Å². The summed E-state index contributed by atoms with van der Waals surface area (Å²) in [4.78, 5) is 12.1. The van der Waals surface area contributed by atoms with E-state index in [9.17, 15) is 4.79 Å². The van der Waals surface area contributed by atoms with Gasteiger partial charge in [0, 0.05) is 28.6 Å². The number of fused-ring (bicyclic) bond motifs is 2. The maximum atomic E-state index is 12.1. The van der Waals surface area contributed by atoms with Gasteiger partial charge in [0.05, 0.1) is 30.9 Å². The average Bonchev–Trinajstić information content (AvgIpc) is 3.26. The maximum absolute atomic E-state index is 12.1. The van der Waals surface area contributed by atoms with Gasteiger partial charge in [-0.1, -0.05) is 0 Å². The summed E-state index contributed by atoms with van der Waals surface area (Å²) in [5.74, 6) is 1.52. The van der Waals surface area contributed by atoms with Gasteiger partial charge >= 0.3 is 6.09 Å². The first-order valence-electron chi connectivity index (χ1n) is 9.88. The molecule has 0 aliphatic heterocycles. The van der Waals surface area contributed by atoms with Gasteiger partial charge in [0.1, 0.15) is 17.1 Å². The molecule has 31 heavy (non-hydrogen) atoms. The molecule has 0 amide bonds. The Hall–Kier alpha value is -3.55. The van der Waals surface area contributed by atoms with Crippen molar-refractivity contribution in [2.24, 2.45) is 0 Å². The zero-order valence-corrected chi connectivity index (χ0v) is 18.9. The first-order valence-corrected chi connectivity index (χ1v) is 9.88. The van der Waals surface area contributed by atoms with Gasteiger partial charge in [-0.15, -0.1) is 0 Å². The van der Waals surface area contributed by atoms with Gasteiger partial charge in [0.15, 0.2) is 0 Å². The first-order chi connectivity index (χ1) is 14.6. The standard InChI is InChI=1S/C14H18N2O3.C9H10N2O/c1-9-11-7-6-10(18-5)8-12(11)16(15-9)13(17)19-14(2,3)4;1-6-8-4-3-7(12-2)5-9(8)11-10-6/h6-8H,1-5H3;3-5H,1-2H3,(H,10,11). The molecule has 2 aromatic carbocycles. The van der Waals surface area contributed by atoms with E-state index in [2.05, 4.69) is 15.3 Å². The van der Waals surface area contributed by atoms with Crippen LogP contribution in [-0.4, -0.2) is 45.9 Å². The van der Waals surface area contributed by atoms with E-state index in [4.69, 9.17) is 14.2 Å². The Morgan fingerprint density at radius 1 is 0.968 bits per heavy atom. The van der Waals surface area contributed by atoms with E-state index in [1.807, 2.05) is 65.0 Å². The predicted molar refractivity (Wildman–Crippen MR) is 120 cm³/mol. The molecule has 4 aromatic rings. The number of carbonyl (C=O) groups excluding carboxylic acids is 1. The number of aryl methyl sites for hydroxylation is 2. The molecular formula is C23H28N4O4. The maximum Gasteiger partial charge on any atom is 0.435 e. The van der Waals surface area contributed by atoms with Crippen LogP contribution >= 0.6 is 0 Å². The molecule has 1 N–H and O–H groups in total. The lowest BCUT2D eigenvalue weighted by Crippen LogP contribution is -2.27. The Bertz CT molecular complexity index is 1220. The van der Waals surface area contributed by atoms with Crippen molar-refractivity contribution >= 4 is 27.9 Å². The average molecular weight is 425 g/mol. The quantitative estimate of drug-likeness (QED) is 0.486. The zero-order chi connectivity index (χ0) is 22.8. The number of hydrogen-bond acceptors (Lipinski definition) is 6. The van der Waals surface area contributed by atoms with Crippen LogP contribution in [0.4, 0.5) is 4.79 Å². The second kappa shape index (κ2) is 8.67. The summed E-state index contributed by atoms with van der Waals surface area (Å²) in [5, 5.41) is 13.3. The summed E-state index contributed by atoms with van der Waals surface area (Å²) in [6.45, 7) is 9.33. The van der Waals surface area contributed by atoms with Crippen molar-refractivity contribution in [1.82, 2.24) is 20.0 Å². The van der Waals surface area contributed by atoms with Crippen LogP contribution in [0.5, 0.6) is 11.5 Å². The van der Waals surface area contributed by atoms with Crippen LogP contribution in [0, 0.1) is 13.8 Å². The van der Waals surface area contributed by atoms with Gasteiger partial charge in [-0.05, 0) is 58.9 Å². The first kappa shape index (κ1) is 22.1. The fourth-order valence-electron chi connectivity index (χ4n) is 3.07. The van der Waals surface area contributed by atoms with Crippen LogP contribution in [0.25, 0.3) is 21.8 Å². The van der Waals surface area contributed by atoms with Gasteiger partial charge in [-0.25, -0.2) is 4.79 Å². The summed E-state index contributed by atoms with van der Waals surface area (Å²) < 4.78 is 16.9. The molecule has 0 bridgehead atoms. The predicted octanol–water partition coefficient (Wildman–Crippen LogP) is 5.02. The largest absolute Gasteiger partial charge is 0.497 e. The number of nitrogens with zero attached hydrogens (tertiary/aromatic N) is 3. The molecule has 0 aliphatic rings. The number of aromatic nitrogens is 4. The number of benzene rings is 2. The molecule has 2 aromatic heterocycles. The van der Waals surface area contributed by atoms with Crippen molar-refractivity contribution in [2.45, 2.75) is 40.2 Å². The molecule has 0 saturated carbocycles. The Morgan fingerprint density at radius 2 is 1.58 bits per heavy atom. The van der Waals surface area contributed by atoms with Gasteiger partial charge in [-0.3, -0.25) is 5.10 Å². The Balaban J connectivity index is 0.000000194. The second-order valence-corrected chi connectivity index (χ2v) is 8.09. The van der Waals surface area contributed by atoms with Crippen molar-refractivity contribution < 1.29 is 19.0 Å². The smallest absolute Gasteiger partial charge is 0.435 e. The number of ether oxygens (including phenoxy) is 3. The highest BCUT2D eigenvalue weighted by atomic mass is 16.6. The number of nitrogens with one attached hydrogen (secondary N) is 1. The van der Waals surface area contributed by atoms with Gasteiger partial charge < -0.3 is 14.2 Å². The SMILES string of the molecule is COc1ccc2c(C)[nH]nc2c1.COc1ccc2c(C)nn(C(=O)OC(C)(C)C)c2c1. The van der Waals surface area contributed by atoms with Gasteiger partial charge in [-0.2, -0.15) is 14.9 Å². The second-order valence-electron chi connectivity index (χ2n) is 8.09. The highest BCUT2D eigenvalue weighted by Gasteiger charge is 2.21. The molecule has 0 saturated heterocycles. The monoisotopic (exact) mass is 424 g/mol. The highest BCUT2D eigenvalue weighted by Crippen LogP contribution is 2.24. The molecule has 2 heterocycles. The lowest BCUT2D eigenvalue weighted by atomic mass is 10.2. The lowest BCUT2D eigenvalue weighted by Gasteiger charge is -2.19. The summed E-state index contributed by atoms with van der Waals surface area (Å²) in [6.07, 6.45) is -0.487. The molecule has 0 spiro atoms. The lowest BCUT2D eigenvalue weighted by molar-refractivity contribution is 0.0522. The number of rotatable bonds is 2. The summed E-state index contributed by atoms with van der Waals surface area (Å²) in [5.41, 5.74) is 2.95. The van der Waals surface area contributed by atoms with E-state index in [-0.39, 0.29) is 0 Å². The fraction of sp³-hybridized carbons (Fsp3) is 0.348. The normalized spacial score (nSPS) is 11.2. The van der Waals surface area contributed by atoms with E-state index >= 15 is 0 Å². The molecule has 8 heteroatoms. The number of methoxy groups -OCH3 is 2. The van der Waals surface area contributed by atoms with E-state index in [1.165, 1.54) is 4.68 Å². The molecule has 0 radical (unpaired) electrons. The topological polar surface area (TPSA) is 91.3 Å². The fourth-order valence-corrected chi connectivity index (χ4v) is 3.07. The van der Waals surface area contributed by atoms with E-state index < -0.39 is 11.7 Å². The number of aromatic amines is 1. The highest BCUT2D eigenvalue weighted by molar-refractivity contribution is 5.90. The third-order valence-corrected chi connectivity index (χ3v) is 4.59. The summed E-state index contributed by atoms with van der Waals surface area (Å²) >= 11 is 0. The van der Waals surface area contributed by atoms with Crippen molar-refractivity contribution in [3.8, 4) is 11.5 Å². The molecular weight excluding hydrogens is 396 g/mol. The molecule has 164 valence electrons. The Labute approximate surface area is 181 Å². The van der Waals surface area contributed by atoms with E-state index in [1.54, 1.807) is 20.3 Å². The van der Waals surface area contributed by atoms with Crippen LogP contribution < -0.4 is 9.47 Å². The Morgan fingerprint density at radius 3 is 2.19 bits per heavy atom. The van der Waals surface area contributed by atoms with Gasteiger partial charge in [0.25, 0.3) is 0 Å². The molecule has 0 unspecified atom stereocenters. The van der Waals surface area contributed by atoms with Crippen LogP contribution in [0.1, 0.15) is 32.2 Å². The summed E-state index contributed by atoms with van der Waals surface area (Å²) in [7, 11) is 3.24. The zero-order valence-electron chi connectivity index (χ0n) is 18.9. The number of carbonyl (C=O) groups is 1. The minimum atomic E-state index is -0.553. The van der Waals surface area contributed by atoms with Crippen LogP contribution in [0.15, 0.2) is 36.4 Å². The van der Waals surface area contributed by atoms with Gasteiger partial charge in [0.2, 0.25) is 0 Å². The molecule has 4 rings (SSSR count). The third kappa shape index (κ3) is 4.96. The molecule has 8 nitrogen and oxygen atoms in total.